The summed E-state index contributed by atoms with van der Waals surface area (Å²) in [6.45, 7) is -0.815. The number of benzene rings is 2. The Morgan fingerprint density at radius 2 is 1.93 bits per heavy atom. The normalized spacial score (nSPS) is 9.90. The number of halogens is 1. The lowest BCUT2D eigenvalue weighted by atomic mass is 10.2. The van der Waals surface area contributed by atoms with Crippen LogP contribution in [0.25, 0.3) is 0 Å². The lowest BCUT2D eigenvalue weighted by Gasteiger charge is -2.21. The second kappa shape index (κ2) is 11.4. The molecule has 0 atom stereocenters. The third-order valence-corrected chi connectivity index (χ3v) is 4.19. The fourth-order valence-corrected chi connectivity index (χ4v) is 2.68. The Bertz CT molecular complexity index is 958. The number of carbonyl (C=O) groups excluding carboxylic acids is 3. The summed E-state index contributed by atoms with van der Waals surface area (Å²) in [6, 6.07) is 15.0. The van der Waals surface area contributed by atoms with Crippen LogP contribution in [0.4, 0.5) is 5.69 Å². The summed E-state index contributed by atoms with van der Waals surface area (Å²) in [4.78, 5) is 37.8. The molecule has 0 spiro atoms. The van der Waals surface area contributed by atoms with Crippen LogP contribution in [0.5, 0.6) is 5.75 Å². The number of carbonyl (C=O) groups is 3. The predicted octanol–water partition coefficient (Wildman–Crippen LogP) is 2.57. The van der Waals surface area contributed by atoms with Gasteiger partial charge in [-0.25, -0.2) is 0 Å². The number of nitrogens with zero attached hydrogens (tertiary/aromatic N) is 2. The van der Waals surface area contributed by atoms with Gasteiger partial charge in [0.15, 0.2) is 6.61 Å². The van der Waals surface area contributed by atoms with E-state index in [1.165, 1.54) is 18.1 Å². The topological polar surface area (TPSA) is 109 Å². The average molecular weight is 430 g/mol. The molecular weight excluding hydrogens is 410 g/mol. The molecule has 0 aliphatic carbocycles. The highest BCUT2D eigenvalue weighted by Gasteiger charge is 2.18. The van der Waals surface area contributed by atoms with Crippen molar-refractivity contribution in [1.29, 1.82) is 5.26 Å². The van der Waals surface area contributed by atoms with Gasteiger partial charge in [0.1, 0.15) is 12.3 Å². The number of rotatable bonds is 9. The van der Waals surface area contributed by atoms with Crippen LogP contribution in [0.15, 0.2) is 48.5 Å². The van der Waals surface area contributed by atoms with Gasteiger partial charge in [-0.15, -0.1) is 0 Å². The van der Waals surface area contributed by atoms with Gasteiger partial charge in [0.25, 0.3) is 11.8 Å². The highest BCUT2D eigenvalue weighted by Crippen LogP contribution is 2.20. The van der Waals surface area contributed by atoms with E-state index in [-0.39, 0.29) is 13.0 Å². The van der Waals surface area contributed by atoms with Crippen LogP contribution < -0.4 is 15.0 Å². The summed E-state index contributed by atoms with van der Waals surface area (Å²) in [5, 5.41) is 11.7. The van der Waals surface area contributed by atoms with Crippen LogP contribution in [-0.4, -0.2) is 44.6 Å². The molecular formula is C21H20ClN3O5. The molecule has 2 aromatic carbocycles. The molecule has 0 aromatic heterocycles. The maximum atomic E-state index is 12.5. The Labute approximate surface area is 178 Å². The van der Waals surface area contributed by atoms with E-state index in [0.29, 0.717) is 22.0 Å². The summed E-state index contributed by atoms with van der Waals surface area (Å²) < 4.78 is 10.0. The minimum Gasteiger partial charge on any atom is -0.497 e. The van der Waals surface area contributed by atoms with Gasteiger partial charge in [0, 0.05) is 22.8 Å². The number of nitrogens with one attached hydrogen (secondary N) is 1. The van der Waals surface area contributed by atoms with E-state index >= 15 is 0 Å². The summed E-state index contributed by atoms with van der Waals surface area (Å²) in [7, 11) is 1.48. The van der Waals surface area contributed by atoms with E-state index in [1.807, 2.05) is 6.07 Å². The van der Waals surface area contributed by atoms with Crippen molar-refractivity contribution in [2.45, 2.75) is 6.42 Å². The Kier molecular flexibility index (Phi) is 8.66. The van der Waals surface area contributed by atoms with Crippen molar-refractivity contribution in [3.05, 3.63) is 59.1 Å². The third kappa shape index (κ3) is 6.79. The van der Waals surface area contributed by atoms with Gasteiger partial charge in [-0.3, -0.25) is 14.4 Å². The second-order valence-electron chi connectivity index (χ2n) is 6.01. The monoisotopic (exact) mass is 429 g/mol. The van der Waals surface area contributed by atoms with Crippen LogP contribution in [0.2, 0.25) is 5.02 Å². The second-order valence-corrected chi connectivity index (χ2v) is 6.45. The molecule has 0 aliphatic rings. The molecule has 0 radical (unpaired) electrons. The van der Waals surface area contributed by atoms with E-state index in [1.54, 1.807) is 42.5 Å². The largest absolute Gasteiger partial charge is 0.497 e. The summed E-state index contributed by atoms with van der Waals surface area (Å²) in [6.07, 6.45) is 0.1000. The van der Waals surface area contributed by atoms with Crippen molar-refractivity contribution in [1.82, 2.24) is 5.32 Å². The van der Waals surface area contributed by atoms with Gasteiger partial charge in [0.2, 0.25) is 0 Å². The van der Waals surface area contributed by atoms with Crippen molar-refractivity contribution in [3.63, 3.8) is 0 Å². The quantitative estimate of drug-likeness (QED) is 0.613. The molecule has 0 fully saturated rings. The van der Waals surface area contributed by atoms with Crippen LogP contribution in [0.3, 0.4) is 0 Å². The molecule has 30 heavy (non-hydrogen) atoms. The maximum Gasteiger partial charge on any atom is 0.325 e. The Hall–Kier alpha value is -3.57. The molecule has 2 aromatic rings. The molecule has 9 heteroatoms. The Balaban J connectivity index is 1.89. The number of ether oxygens (including phenoxy) is 2. The van der Waals surface area contributed by atoms with E-state index in [4.69, 9.17) is 26.3 Å². The molecule has 0 unspecified atom stereocenters. The van der Waals surface area contributed by atoms with Gasteiger partial charge in [0.05, 0.1) is 19.6 Å². The van der Waals surface area contributed by atoms with E-state index in [2.05, 4.69) is 5.32 Å². The lowest BCUT2D eigenvalue weighted by Crippen LogP contribution is -2.37. The Morgan fingerprint density at radius 1 is 1.17 bits per heavy atom. The number of hydrogen-bond acceptors (Lipinski definition) is 6. The first-order valence-electron chi connectivity index (χ1n) is 8.95. The zero-order chi connectivity index (χ0) is 21.9. The van der Waals surface area contributed by atoms with Crippen molar-refractivity contribution >= 4 is 35.1 Å². The van der Waals surface area contributed by atoms with Gasteiger partial charge in [-0.1, -0.05) is 23.7 Å². The van der Waals surface area contributed by atoms with Gasteiger partial charge >= 0.3 is 5.97 Å². The number of amides is 2. The fourth-order valence-electron chi connectivity index (χ4n) is 2.49. The smallest absolute Gasteiger partial charge is 0.325 e. The van der Waals surface area contributed by atoms with Crippen molar-refractivity contribution in [3.8, 4) is 11.8 Å². The van der Waals surface area contributed by atoms with Gasteiger partial charge < -0.3 is 19.7 Å². The molecule has 8 nitrogen and oxygen atoms in total. The van der Waals surface area contributed by atoms with Crippen LogP contribution >= 0.6 is 11.6 Å². The molecule has 2 rings (SSSR count). The molecule has 0 bridgehead atoms. The minimum atomic E-state index is -0.772. The standard InChI is InChI=1S/C21H20ClN3O5/c1-29-18-8-2-5-15(11-18)21(28)24-13-20(27)30-14-19(26)25(10-4-9-23)17-7-3-6-16(22)12-17/h2-3,5-8,11-12H,4,10,13-14H2,1H3,(H,24,28). The van der Waals surface area contributed by atoms with Crippen LogP contribution in [-0.2, 0) is 14.3 Å². The molecule has 2 amide bonds. The maximum absolute atomic E-state index is 12.5. The first kappa shape index (κ1) is 22.7. The minimum absolute atomic E-state index is 0.1000. The zero-order valence-electron chi connectivity index (χ0n) is 16.3. The summed E-state index contributed by atoms with van der Waals surface area (Å²) in [5.74, 6) is -1.26. The lowest BCUT2D eigenvalue weighted by molar-refractivity contribution is -0.146. The first-order valence-corrected chi connectivity index (χ1v) is 9.33. The summed E-state index contributed by atoms with van der Waals surface area (Å²) in [5.41, 5.74) is 0.812. The molecule has 0 heterocycles. The number of nitriles is 1. The highest BCUT2D eigenvalue weighted by atomic mass is 35.5. The van der Waals surface area contributed by atoms with E-state index in [0.717, 1.165) is 0 Å². The molecule has 156 valence electrons. The predicted molar refractivity (Wildman–Crippen MR) is 110 cm³/mol. The fraction of sp³-hybridized carbons (Fsp3) is 0.238. The number of hydrogen-bond donors (Lipinski definition) is 1. The first-order chi connectivity index (χ1) is 14.4. The number of esters is 1. The van der Waals surface area contributed by atoms with Crippen molar-refractivity contribution in [2.24, 2.45) is 0 Å². The van der Waals surface area contributed by atoms with Crippen molar-refractivity contribution < 1.29 is 23.9 Å². The molecule has 0 aliphatic heterocycles. The van der Waals surface area contributed by atoms with E-state index in [9.17, 15) is 14.4 Å². The molecule has 1 N–H and O–H groups in total. The number of methoxy groups -OCH3 is 1. The average Bonchev–Trinajstić information content (AvgIpc) is 2.76. The third-order valence-electron chi connectivity index (χ3n) is 3.95. The Morgan fingerprint density at radius 3 is 2.63 bits per heavy atom. The zero-order valence-corrected chi connectivity index (χ0v) is 17.0. The van der Waals surface area contributed by atoms with E-state index < -0.39 is 30.9 Å². The van der Waals surface area contributed by atoms with Crippen molar-refractivity contribution in [2.75, 3.05) is 31.7 Å². The molecule has 0 saturated carbocycles. The summed E-state index contributed by atoms with van der Waals surface area (Å²) >= 11 is 5.96. The van der Waals surface area contributed by atoms with Crippen LogP contribution in [0, 0.1) is 11.3 Å². The van der Waals surface area contributed by atoms with Gasteiger partial charge in [-0.05, 0) is 36.4 Å². The van der Waals surface area contributed by atoms with Crippen LogP contribution in [0.1, 0.15) is 16.8 Å². The van der Waals surface area contributed by atoms with Gasteiger partial charge in [-0.2, -0.15) is 5.26 Å². The number of anilines is 1. The SMILES string of the molecule is COc1cccc(C(=O)NCC(=O)OCC(=O)N(CCC#N)c2cccc(Cl)c2)c1. The highest BCUT2D eigenvalue weighted by molar-refractivity contribution is 6.30. The molecule has 0 saturated heterocycles.